The Morgan fingerprint density at radius 2 is 2.12 bits per heavy atom. The van der Waals surface area contributed by atoms with Gasteiger partial charge in [-0.3, -0.25) is 0 Å². The van der Waals surface area contributed by atoms with Crippen molar-refractivity contribution in [1.82, 2.24) is 4.37 Å². The number of rotatable bonds is 7. The summed E-state index contributed by atoms with van der Waals surface area (Å²) in [6, 6.07) is 2.03. The molecule has 88 valence electrons. The van der Waals surface area contributed by atoms with E-state index in [9.17, 15) is 0 Å². The van der Waals surface area contributed by atoms with Crippen LogP contribution in [-0.2, 0) is 0 Å². The largest absolute Gasteiger partial charge is 0.396 e. The molecule has 0 aliphatic heterocycles. The highest BCUT2D eigenvalue weighted by atomic mass is 32.1. The Morgan fingerprint density at radius 1 is 1.38 bits per heavy atom. The molecular formula is C10H16N4OS. The minimum absolute atomic E-state index is 0.261. The summed E-state index contributed by atoms with van der Waals surface area (Å²) in [5.74, 6) is 0.301. The minimum atomic E-state index is 0.261. The Bertz CT molecular complexity index is 358. The molecule has 0 spiro atoms. The van der Waals surface area contributed by atoms with Crippen molar-refractivity contribution in [1.29, 1.82) is 5.26 Å². The van der Waals surface area contributed by atoms with E-state index in [1.807, 2.05) is 6.07 Å². The summed E-state index contributed by atoms with van der Waals surface area (Å²) in [7, 11) is 0. The van der Waals surface area contributed by atoms with E-state index in [2.05, 4.69) is 9.69 Å². The van der Waals surface area contributed by atoms with Crippen molar-refractivity contribution in [3.05, 3.63) is 5.56 Å². The van der Waals surface area contributed by atoms with Crippen LogP contribution in [0.1, 0.15) is 31.2 Å². The van der Waals surface area contributed by atoms with Crippen molar-refractivity contribution in [3.63, 3.8) is 0 Å². The zero-order valence-corrected chi connectivity index (χ0v) is 9.89. The maximum atomic E-state index is 8.83. The zero-order valence-electron chi connectivity index (χ0n) is 9.07. The quantitative estimate of drug-likeness (QED) is 0.629. The van der Waals surface area contributed by atoms with Gasteiger partial charge in [0.2, 0.25) is 0 Å². The standard InChI is InChI=1S/C10H16N4OS/c11-7-8-9(12)14-16-10(8)13-5-3-1-2-4-6-15/h13,15H,1-6H2,(H2,12,14). The topological polar surface area (TPSA) is 95.0 Å². The molecule has 0 saturated heterocycles. The van der Waals surface area contributed by atoms with Gasteiger partial charge >= 0.3 is 0 Å². The lowest BCUT2D eigenvalue weighted by Crippen LogP contribution is -2.01. The number of aliphatic hydroxyl groups is 1. The highest BCUT2D eigenvalue weighted by molar-refractivity contribution is 7.10. The Hall–Kier alpha value is -1.32. The average molecular weight is 240 g/mol. The molecule has 16 heavy (non-hydrogen) atoms. The number of hydrogen-bond donors (Lipinski definition) is 3. The molecule has 4 N–H and O–H groups in total. The molecule has 0 saturated carbocycles. The Kier molecular flexibility index (Phi) is 5.61. The SMILES string of the molecule is N#Cc1c(N)nsc1NCCCCCCO. The number of nitrogens with zero attached hydrogens (tertiary/aromatic N) is 2. The third kappa shape index (κ3) is 3.68. The van der Waals surface area contributed by atoms with E-state index in [0.717, 1.165) is 37.2 Å². The van der Waals surface area contributed by atoms with Gasteiger partial charge in [-0.25, -0.2) is 0 Å². The molecule has 0 aliphatic carbocycles. The van der Waals surface area contributed by atoms with E-state index in [0.29, 0.717) is 11.4 Å². The Labute approximate surface area is 99.1 Å². The summed E-state index contributed by atoms with van der Waals surface area (Å²) >= 11 is 1.22. The van der Waals surface area contributed by atoms with Crippen molar-refractivity contribution in [2.24, 2.45) is 0 Å². The predicted molar refractivity (Wildman–Crippen MR) is 65.3 cm³/mol. The fraction of sp³-hybridized carbons (Fsp3) is 0.600. The average Bonchev–Trinajstić information content (AvgIpc) is 2.64. The lowest BCUT2D eigenvalue weighted by atomic mass is 10.2. The van der Waals surface area contributed by atoms with Gasteiger partial charge in [0.25, 0.3) is 0 Å². The summed E-state index contributed by atoms with van der Waals surface area (Å²) in [5, 5.41) is 21.3. The van der Waals surface area contributed by atoms with Crippen molar-refractivity contribution < 1.29 is 5.11 Å². The van der Waals surface area contributed by atoms with Crippen LogP contribution < -0.4 is 11.1 Å². The predicted octanol–water partition coefficient (Wildman–Crippen LogP) is 1.56. The van der Waals surface area contributed by atoms with Crippen LogP contribution in [0.2, 0.25) is 0 Å². The van der Waals surface area contributed by atoms with Crippen molar-refractivity contribution in [2.75, 3.05) is 24.2 Å². The molecular weight excluding hydrogens is 224 g/mol. The van der Waals surface area contributed by atoms with E-state index in [4.69, 9.17) is 16.1 Å². The van der Waals surface area contributed by atoms with Gasteiger partial charge in [-0.2, -0.15) is 9.64 Å². The van der Waals surface area contributed by atoms with Crippen LogP contribution in [0.4, 0.5) is 10.8 Å². The third-order valence-corrected chi connectivity index (χ3v) is 3.02. The van der Waals surface area contributed by atoms with Crippen molar-refractivity contribution in [2.45, 2.75) is 25.7 Å². The molecule has 0 aromatic carbocycles. The molecule has 0 amide bonds. The van der Waals surface area contributed by atoms with Crippen LogP contribution in [0.3, 0.4) is 0 Å². The van der Waals surface area contributed by atoms with Gasteiger partial charge in [-0.1, -0.05) is 12.8 Å². The van der Waals surface area contributed by atoms with E-state index in [1.54, 1.807) is 0 Å². The molecule has 0 unspecified atom stereocenters. The van der Waals surface area contributed by atoms with Gasteiger partial charge in [-0.05, 0) is 24.4 Å². The van der Waals surface area contributed by atoms with Gasteiger partial charge in [-0.15, -0.1) is 0 Å². The number of nitrogens with two attached hydrogens (primary N) is 1. The number of aromatic nitrogens is 1. The smallest absolute Gasteiger partial charge is 0.157 e. The second-order valence-corrected chi connectivity index (χ2v) is 4.22. The maximum Gasteiger partial charge on any atom is 0.157 e. The number of unbranched alkanes of at least 4 members (excludes halogenated alkanes) is 3. The summed E-state index contributed by atoms with van der Waals surface area (Å²) < 4.78 is 3.92. The summed E-state index contributed by atoms with van der Waals surface area (Å²) in [6.07, 6.45) is 3.98. The second-order valence-electron chi connectivity index (χ2n) is 3.45. The highest BCUT2D eigenvalue weighted by Gasteiger charge is 2.09. The Balaban J connectivity index is 2.25. The molecule has 0 atom stereocenters. The number of anilines is 2. The molecule has 1 aromatic heterocycles. The molecule has 6 heteroatoms. The Morgan fingerprint density at radius 3 is 2.81 bits per heavy atom. The number of aliphatic hydroxyl groups excluding tert-OH is 1. The zero-order chi connectivity index (χ0) is 11.8. The third-order valence-electron chi connectivity index (χ3n) is 2.20. The van der Waals surface area contributed by atoms with Crippen LogP contribution >= 0.6 is 11.5 Å². The maximum absolute atomic E-state index is 8.83. The van der Waals surface area contributed by atoms with Crippen LogP contribution in [-0.4, -0.2) is 22.6 Å². The normalized spacial score (nSPS) is 10.0. The number of nitrogens with one attached hydrogen (secondary N) is 1. The molecule has 1 rings (SSSR count). The molecule has 5 nitrogen and oxygen atoms in total. The number of hydrogen-bond acceptors (Lipinski definition) is 6. The molecule has 0 aliphatic rings. The first kappa shape index (κ1) is 12.7. The molecule has 0 fully saturated rings. The van der Waals surface area contributed by atoms with Crippen molar-refractivity contribution >= 4 is 22.4 Å². The number of nitrogen functional groups attached to an aromatic ring is 1. The molecule has 1 heterocycles. The molecule has 0 bridgehead atoms. The van der Waals surface area contributed by atoms with Gasteiger partial charge in [0.05, 0.1) is 0 Å². The lowest BCUT2D eigenvalue weighted by Gasteiger charge is -2.03. The fourth-order valence-electron chi connectivity index (χ4n) is 1.32. The summed E-state index contributed by atoms with van der Waals surface area (Å²) in [6.45, 7) is 1.07. The first-order valence-corrected chi connectivity index (χ1v) is 6.07. The lowest BCUT2D eigenvalue weighted by molar-refractivity contribution is 0.283. The van der Waals surface area contributed by atoms with Gasteiger partial charge in [0.15, 0.2) is 5.82 Å². The summed E-state index contributed by atoms with van der Waals surface area (Å²) in [4.78, 5) is 0. The molecule has 0 radical (unpaired) electrons. The van der Waals surface area contributed by atoms with Crippen LogP contribution in [0.25, 0.3) is 0 Å². The van der Waals surface area contributed by atoms with Gasteiger partial charge in [0, 0.05) is 13.2 Å². The first-order chi connectivity index (χ1) is 7.79. The van der Waals surface area contributed by atoms with Crippen LogP contribution in [0.5, 0.6) is 0 Å². The van der Waals surface area contributed by atoms with Gasteiger partial charge < -0.3 is 16.2 Å². The van der Waals surface area contributed by atoms with E-state index in [-0.39, 0.29) is 6.61 Å². The highest BCUT2D eigenvalue weighted by Crippen LogP contribution is 2.25. The minimum Gasteiger partial charge on any atom is -0.396 e. The molecule has 1 aromatic rings. The van der Waals surface area contributed by atoms with E-state index < -0.39 is 0 Å². The monoisotopic (exact) mass is 240 g/mol. The number of nitriles is 1. The fourth-order valence-corrected chi connectivity index (χ4v) is 2.01. The van der Waals surface area contributed by atoms with Crippen molar-refractivity contribution in [3.8, 4) is 6.07 Å². The second kappa shape index (κ2) is 7.04. The first-order valence-electron chi connectivity index (χ1n) is 5.29. The van der Waals surface area contributed by atoms with E-state index >= 15 is 0 Å². The van der Waals surface area contributed by atoms with E-state index in [1.165, 1.54) is 11.5 Å². The van der Waals surface area contributed by atoms with Gasteiger partial charge in [0.1, 0.15) is 16.6 Å². The summed E-state index contributed by atoms with van der Waals surface area (Å²) in [5.41, 5.74) is 5.98. The van der Waals surface area contributed by atoms with Crippen LogP contribution in [0.15, 0.2) is 0 Å². The van der Waals surface area contributed by atoms with Crippen LogP contribution in [0, 0.1) is 11.3 Å².